The first-order chi connectivity index (χ1) is 14.5. The predicted molar refractivity (Wildman–Crippen MR) is 108 cm³/mol. The van der Waals surface area contributed by atoms with Gasteiger partial charge in [0.25, 0.3) is 5.91 Å². The maximum Gasteiger partial charge on any atom is 0.255 e. The fourth-order valence-electron chi connectivity index (χ4n) is 3.83. The van der Waals surface area contributed by atoms with Crippen molar-refractivity contribution >= 4 is 29.4 Å². The summed E-state index contributed by atoms with van der Waals surface area (Å²) in [6.07, 6.45) is 2.18. The molecule has 4 amide bonds. The number of rotatable bonds is 5. The molecule has 30 heavy (non-hydrogen) atoms. The van der Waals surface area contributed by atoms with Crippen molar-refractivity contribution in [2.75, 3.05) is 18.9 Å². The highest BCUT2D eigenvalue weighted by Gasteiger charge is 2.39. The van der Waals surface area contributed by atoms with E-state index in [0.717, 1.165) is 16.7 Å². The average Bonchev–Trinajstić information content (AvgIpc) is 3.05. The normalized spacial score (nSPS) is 18.2. The van der Waals surface area contributed by atoms with Crippen LogP contribution in [0.4, 0.5) is 5.82 Å². The molecule has 2 aliphatic heterocycles. The molecule has 1 fully saturated rings. The minimum Gasteiger partial charge on any atom is -0.322 e. The van der Waals surface area contributed by atoms with Gasteiger partial charge in [-0.3, -0.25) is 24.5 Å². The molecule has 0 bridgehead atoms. The van der Waals surface area contributed by atoms with Crippen molar-refractivity contribution in [1.29, 1.82) is 0 Å². The summed E-state index contributed by atoms with van der Waals surface area (Å²) < 4.78 is 0. The summed E-state index contributed by atoms with van der Waals surface area (Å²) in [6, 6.07) is 8.32. The number of likely N-dealkylation sites (N-methyl/N-ethyl adjacent to an activating group) is 1. The summed E-state index contributed by atoms with van der Waals surface area (Å²) in [5.74, 6) is -0.715. The van der Waals surface area contributed by atoms with Gasteiger partial charge in [-0.05, 0) is 42.8 Å². The maximum absolute atomic E-state index is 12.9. The van der Waals surface area contributed by atoms with Crippen LogP contribution in [0.5, 0.6) is 0 Å². The molecule has 1 aromatic carbocycles. The second kappa shape index (κ2) is 8.03. The number of benzene rings is 1. The van der Waals surface area contributed by atoms with Gasteiger partial charge in [0, 0.05) is 30.3 Å². The number of piperidine rings is 1. The zero-order valence-electron chi connectivity index (χ0n) is 16.4. The molecular formula is C21H21N5O4. The van der Waals surface area contributed by atoms with E-state index in [1.807, 2.05) is 12.1 Å². The minimum absolute atomic E-state index is 0.188. The zero-order valence-corrected chi connectivity index (χ0v) is 16.4. The van der Waals surface area contributed by atoms with E-state index in [-0.39, 0.29) is 37.2 Å². The molecule has 2 aromatic rings. The van der Waals surface area contributed by atoms with Crippen LogP contribution in [0.1, 0.15) is 28.8 Å². The van der Waals surface area contributed by atoms with Gasteiger partial charge < -0.3 is 15.5 Å². The number of nitrogens with one attached hydrogen (secondary N) is 3. The monoisotopic (exact) mass is 407 g/mol. The Morgan fingerprint density at radius 3 is 2.70 bits per heavy atom. The number of carbonyl (C=O) groups excluding carboxylic acids is 4. The molecule has 9 nitrogen and oxygen atoms in total. The van der Waals surface area contributed by atoms with Crippen LogP contribution in [-0.4, -0.2) is 53.1 Å². The minimum atomic E-state index is -0.654. The highest BCUT2D eigenvalue weighted by molar-refractivity contribution is 6.06. The second-order valence-electron chi connectivity index (χ2n) is 7.24. The number of fused-ring (bicyclic) bond motifs is 1. The van der Waals surface area contributed by atoms with Crippen molar-refractivity contribution in [1.82, 2.24) is 20.5 Å². The summed E-state index contributed by atoms with van der Waals surface area (Å²) >= 11 is 0. The van der Waals surface area contributed by atoms with Gasteiger partial charge in [0.1, 0.15) is 11.9 Å². The van der Waals surface area contributed by atoms with Crippen LogP contribution in [0.25, 0.3) is 11.1 Å². The van der Waals surface area contributed by atoms with Crippen molar-refractivity contribution in [2.45, 2.75) is 25.4 Å². The Hall–Kier alpha value is -3.59. The third-order valence-corrected chi connectivity index (χ3v) is 5.26. The Labute approximate surface area is 172 Å². The Balaban J connectivity index is 1.58. The van der Waals surface area contributed by atoms with Crippen molar-refractivity contribution < 1.29 is 19.2 Å². The average molecular weight is 407 g/mol. The number of hydrogen-bond donors (Lipinski definition) is 3. The van der Waals surface area contributed by atoms with E-state index < -0.39 is 11.9 Å². The molecule has 1 unspecified atom stereocenters. The van der Waals surface area contributed by atoms with E-state index in [1.165, 1.54) is 4.90 Å². The molecular weight excluding hydrogens is 386 g/mol. The van der Waals surface area contributed by atoms with Crippen LogP contribution < -0.4 is 16.0 Å². The topological polar surface area (TPSA) is 120 Å². The molecule has 3 N–H and O–H groups in total. The van der Waals surface area contributed by atoms with Crippen LogP contribution in [0, 0.1) is 0 Å². The van der Waals surface area contributed by atoms with Gasteiger partial charge in [0.05, 0.1) is 6.54 Å². The third kappa shape index (κ3) is 3.67. The van der Waals surface area contributed by atoms with E-state index in [9.17, 15) is 19.2 Å². The Morgan fingerprint density at radius 1 is 1.20 bits per heavy atom. The van der Waals surface area contributed by atoms with E-state index in [2.05, 4.69) is 20.9 Å². The largest absolute Gasteiger partial charge is 0.322 e. The van der Waals surface area contributed by atoms with E-state index >= 15 is 0 Å². The molecule has 3 heterocycles. The number of pyridine rings is 1. The van der Waals surface area contributed by atoms with Crippen molar-refractivity contribution in [3.8, 4) is 11.1 Å². The van der Waals surface area contributed by atoms with E-state index in [0.29, 0.717) is 17.8 Å². The van der Waals surface area contributed by atoms with E-state index in [4.69, 9.17) is 0 Å². The van der Waals surface area contributed by atoms with E-state index in [1.54, 1.807) is 31.4 Å². The van der Waals surface area contributed by atoms with Gasteiger partial charge >= 0.3 is 0 Å². The summed E-state index contributed by atoms with van der Waals surface area (Å²) in [6.45, 7) is 0.477. The number of carbonyl (C=O) groups is 4. The lowest BCUT2D eigenvalue weighted by Crippen LogP contribution is -2.52. The maximum atomic E-state index is 12.9. The van der Waals surface area contributed by atoms with Crippen molar-refractivity contribution in [3.63, 3.8) is 0 Å². The molecule has 1 saturated heterocycles. The molecule has 1 aromatic heterocycles. The quantitative estimate of drug-likeness (QED) is 0.627. The lowest BCUT2D eigenvalue weighted by molar-refractivity contribution is -0.137. The number of aromatic nitrogens is 1. The Morgan fingerprint density at radius 2 is 2.00 bits per heavy atom. The number of amides is 4. The third-order valence-electron chi connectivity index (χ3n) is 5.26. The number of imide groups is 1. The van der Waals surface area contributed by atoms with Crippen LogP contribution in [0.2, 0.25) is 0 Å². The number of anilines is 1. The lowest BCUT2D eigenvalue weighted by Gasteiger charge is -2.29. The van der Waals surface area contributed by atoms with Crippen molar-refractivity contribution in [2.24, 2.45) is 0 Å². The highest BCUT2D eigenvalue weighted by atomic mass is 16.2. The fourth-order valence-corrected chi connectivity index (χ4v) is 3.83. The van der Waals surface area contributed by atoms with Crippen LogP contribution in [0.3, 0.4) is 0 Å². The van der Waals surface area contributed by atoms with Gasteiger partial charge in [-0.2, -0.15) is 0 Å². The molecule has 0 spiro atoms. The van der Waals surface area contributed by atoms with Gasteiger partial charge in [-0.25, -0.2) is 4.98 Å². The van der Waals surface area contributed by atoms with Gasteiger partial charge in [-0.1, -0.05) is 12.1 Å². The Kier molecular flexibility index (Phi) is 5.28. The first kappa shape index (κ1) is 19.7. The van der Waals surface area contributed by atoms with Crippen LogP contribution >= 0.6 is 0 Å². The standard InChI is InChI=1S/C21H21N5O4/c1-22-10-19(28)24-17-7-5-12(9-23-17)13-3-2-4-14-15(13)11-26(21(14)30)16-6-8-18(27)25-20(16)29/h2-5,7,9,16,22H,6,8,10-11H2,1H3,(H,23,24,28)(H,25,27,29). The second-order valence-corrected chi connectivity index (χ2v) is 7.24. The molecule has 9 heteroatoms. The summed E-state index contributed by atoms with van der Waals surface area (Å²) in [7, 11) is 1.69. The number of nitrogens with zero attached hydrogens (tertiary/aromatic N) is 2. The molecule has 0 saturated carbocycles. The van der Waals surface area contributed by atoms with Crippen molar-refractivity contribution in [3.05, 3.63) is 47.7 Å². The molecule has 154 valence electrons. The molecule has 4 rings (SSSR count). The zero-order chi connectivity index (χ0) is 21.3. The lowest BCUT2D eigenvalue weighted by atomic mass is 9.98. The van der Waals surface area contributed by atoms with Gasteiger partial charge in [0.15, 0.2) is 0 Å². The predicted octanol–water partition coefficient (Wildman–Crippen LogP) is 0.668. The van der Waals surface area contributed by atoms with Gasteiger partial charge in [-0.15, -0.1) is 0 Å². The summed E-state index contributed by atoms with van der Waals surface area (Å²) in [5, 5.41) is 7.77. The van der Waals surface area contributed by atoms with Crippen LogP contribution in [-0.2, 0) is 20.9 Å². The first-order valence-corrected chi connectivity index (χ1v) is 9.65. The summed E-state index contributed by atoms with van der Waals surface area (Å²) in [5.41, 5.74) is 3.01. The number of hydrogen-bond acceptors (Lipinski definition) is 6. The van der Waals surface area contributed by atoms with Gasteiger partial charge in [0.2, 0.25) is 17.7 Å². The Bertz CT molecular complexity index is 1030. The summed E-state index contributed by atoms with van der Waals surface area (Å²) in [4.78, 5) is 54.1. The van der Waals surface area contributed by atoms with Crippen LogP contribution in [0.15, 0.2) is 36.5 Å². The first-order valence-electron chi connectivity index (χ1n) is 9.65. The highest BCUT2D eigenvalue weighted by Crippen LogP contribution is 2.34. The molecule has 0 radical (unpaired) electrons. The fraction of sp³-hybridized carbons (Fsp3) is 0.286. The SMILES string of the molecule is CNCC(=O)Nc1ccc(-c2cccc3c2CN(C2CCC(=O)NC2=O)C3=O)cn1. The molecule has 0 aliphatic carbocycles. The molecule has 1 atom stereocenters. The molecule has 2 aliphatic rings. The smallest absolute Gasteiger partial charge is 0.255 e.